The van der Waals surface area contributed by atoms with Crippen molar-refractivity contribution in [1.29, 1.82) is 0 Å². The average molecular weight is 315 g/mol. The fraction of sp³-hybridized carbons (Fsp3) is 0.526. The normalized spacial score (nSPS) is 12.6. The molecule has 1 aromatic carbocycles. The largest absolute Gasteiger partial charge is 0.497 e. The molecule has 0 aliphatic heterocycles. The Morgan fingerprint density at radius 2 is 2.04 bits per heavy atom. The minimum Gasteiger partial charge on any atom is -0.497 e. The van der Waals surface area contributed by atoms with Gasteiger partial charge in [0.15, 0.2) is 0 Å². The molecule has 0 aliphatic rings. The highest BCUT2D eigenvalue weighted by molar-refractivity contribution is 5.91. The van der Waals surface area contributed by atoms with E-state index in [1.54, 1.807) is 7.11 Å². The number of hydrogen-bond acceptors (Lipinski definition) is 4. The number of methoxy groups -OCH3 is 1. The number of nitrogens with zero attached hydrogens (tertiary/aromatic N) is 2. The zero-order chi connectivity index (χ0) is 16.7. The molecule has 23 heavy (non-hydrogen) atoms. The van der Waals surface area contributed by atoms with Crippen molar-refractivity contribution in [3.63, 3.8) is 0 Å². The van der Waals surface area contributed by atoms with E-state index in [9.17, 15) is 0 Å². The predicted molar refractivity (Wildman–Crippen MR) is 98.4 cm³/mol. The van der Waals surface area contributed by atoms with Crippen LogP contribution in [0.3, 0.4) is 0 Å². The highest BCUT2D eigenvalue weighted by Gasteiger charge is 2.09. The van der Waals surface area contributed by atoms with Crippen LogP contribution in [0.2, 0.25) is 0 Å². The van der Waals surface area contributed by atoms with Gasteiger partial charge in [0.2, 0.25) is 0 Å². The molecule has 0 bridgehead atoms. The molecule has 2 rings (SSSR count). The summed E-state index contributed by atoms with van der Waals surface area (Å²) >= 11 is 0. The number of benzene rings is 1. The molecule has 0 fully saturated rings. The van der Waals surface area contributed by atoms with Crippen molar-refractivity contribution in [1.82, 2.24) is 9.88 Å². The van der Waals surface area contributed by atoms with Crippen molar-refractivity contribution in [2.24, 2.45) is 0 Å². The number of hydrogen-bond donors (Lipinski definition) is 1. The Hall–Kier alpha value is -1.81. The molecule has 1 atom stereocenters. The molecule has 126 valence electrons. The van der Waals surface area contributed by atoms with E-state index in [1.165, 1.54) is 6.42 Å². The second-order valence-corrected chi connectivity index (χ2v) is 5.96. The third-order valence-corrected chi connectivity index (χ3v) is 4.32. The van der Waals surface area contributed by atoms with Gasteiger partial charge < -0.3 is 15.0 Å². The summed E-state index contributed by atoms with van der Waals surface area (Å²) in [7, 11) is 1.70. The zero-order valence-electron chi connectivity index (χ0n) is 14.8. The van der Waals surface area contributed by atoms with Gasteiger partial charge in [-0.05, 0) is 51.5 Å². The monoisotopic (exact) mass is 315 g/mol. The minimum atomic E-state index is 0.405. The molecule has 0 saturated heterocycles. The minimum absolute atomic E-state index is 0.405. The van der Waals surface area contributed by atoms with E-state index < -0.39 is 0 Å². The molecule has 0 aliphatic carbocycles. The standard InChI is InChI=1S/C19H29N3O/c1-5-22(6-2)12-8-9-15(3)21-18-14-17(23-4)13-16-10-7-11-20-19(16)18/h7,10-11,13-15,21H,5-6,8-9,12H2,1-4H3. The maximum absolute atomic E-state index is 5.41. The zero-order valence-corrected chi connectivity index (χ0v) is 14.8. The molecular formula is C19H29N3O. The molecule has 2 aromatic rings. The summed E-state index contributed by atoms with van der Waals surface area (Å²) in [5.41, 5.74) is 2.05. The van der Waals surface area contributed by atoms with Crippen LogP contribution in [-0.4, -0.2) is 42.7 Å². The number of nitrogens with one attached hydrogen (secondary N) is 1. The summed E-state index contributed by atoms with van der Waals surface area (Å²) in [6.45, 7) is 10.1. The van der Waals surface area contributed by atoms with Crippen LogP contribution in [-0.2, 0) is 0 Å². The summed E-state index contributed by atoms with van der Waals surface area (Å²) in [6.07, 6.45) is 4.18. The second kappa shape index (κ2) is 8.73. The Morgan fingerprint density at radius 3 is 2.74 bits per heavy atom. The molecule has 0 spiro atoms. The topological polar surface area (TPSA) is 37.4 Å². The smallest absolute Gasteiger partial charge is 0.121 e. The molecule has 0 saturated carbocycles. The molecule has 4 heteroatoms. The van der Waals surface area contributed by atoms with Gasteiger partial charge in [0.1, 0.15) is 5.75 Å². The van der Waals surface area contributed by atoms with Crippen molar-refractivity contribution in [3.8, 4) is 5.75 Å². The van der Waals surface area contributed by atoms with E-state index in [2.05, 4.69) is 42.0 Å². The molecular weight excluding hydrogens is 286 g/mol. The molecule has 4 nitrogen and oxygen atoms in total. The lowest BCUT2D eigenvalue weighted by molar-refractivity contribution is 0.295. The Labute approximate surface area is 139 Å². The van der Waals surface area contributed by atoms with Gasteiger partial charge in [-0.2, -0.15) is 0 Å². The number of ether oxygens (including phenoxy) is 1. The average Bonchev–Trinajstić information content (AvgIpc) is 2.58. The van der Waals surface area contributed by atoms with Crippen molar-refractivity contribution in [2.75, 3.05) is 32.1 Å². The van der Waals surface area contributed by atoms with Crippen LogP contribution in [0.5, 0.6) is 5.75 Å². The maximum Gasteiger partial charge on any atom is 0.121 e. The van der Waals surface area contributed by atoms with Gasteiger partial charge in [0, 0.05) is 23.7 Å². The lowest BCUT2D eigenvalue weighted by atomic mass is 10.1. The van der Waals surface area contributed by atoms with Crippen LogP contribution < -0.4 is 10.1 Å². The first-order valence-electron chi connectivity index (χ1n) is 8.59. The van der Waals surface area contributed by atoms with E-state index >= 15 is 0 Å². The van der Waals surface area contributed by atoms with E-state index in [4.69, 9.17) is 4.74 Å². The third-order valence-electron chi connectivity index (χ3n) is 4.32. The Balaban J connectivity index is 2.02. The number of aromatic nitrogens is 1. The number of fused-ring (bicyclic) bond motifs is 1. The van der Waals surface area contributed by atoms with Crippen molar-refractivity contribution < 1.29 is 4.74 Å². The van der Waals surface area contributed by atoms with Crippen LogP contribution in [0.1, 0.15) is 33.6 Å². The first-order valence-corrected chi connectivity index (χ1v) is 8.59. The summed E-state index contributed by atoms with van der Waals surface area (Å²) in [5, 5.41) is 4.71. The van der Waals surface area contributed by atoms with Crippen LogP contribution in [0.4, 0.5) is 5.69 Å². The Morgan fingerprint density at radius 1 is 1.26 bits per heavy atom. The van der Waals surface area contributed by atoms with Gasteiger partial charge in [-0.25, -0.2) is 0 Å². The Kier molecular flexibility index (Phi) is 6.66. The Bertz CT molecular complexity index is 611. The molecule has 1 heterocycles. The van der Waals surface area contributed by atoms with Crippen molar-refractivity contribution >= 4 is 16.6 Å². The van der Waals surface area contributed by atoms with E-state index in [-0.39, 0.29) is 0 Å². The quantitative estimate of drug-likeness (QED) is 0.754. The van der Waals surface area contributed by atoms with Gasteiger partial charge in [-0.1, -0.05) is 19.9 Å². The highest BCUT2D eigenvalue weighted by atomic mass is 16.5. The van der Waals surface area contributed by atoms with E-state index in [0.29, 0.717) is 6.04 Å². The lowest BCUT2D eigenvalue weighted by Crippen LogP contribution is -2.25. The summed E-state index contributed by atoms with van der Waals surface area (Å²) < 4.78 is 5.41. The number of anilines is 1. The van der Waals surface area contributed by atoms with Gasteiger partial charge in [0.25, 0.3) is 0 Å². The fourth-order valence-corrected chi connectivity index (χ4v) is 2.89. The fourth-order valence-electron chi connectivity index (χ4n) is 2.89. The summed E-state index contributed by atoms with van der Waals surface area (Å²) in [4.78, 5) is 6.99. The summed E-state index contributed by atoms with van der Waals surface area (Å²) in [6, 6.07) is 8.50. The van der Waals surface area contributed by atoms with Gasteiger partial charge >= 0.3 is 0 Å². The molecule has 0 amide bonds. The maximum atomic E-state index is 5.41. The molecule has 1 N–H and O–H groups in total. The molecule has 1 aromatic heterocycles. The SMILES string of the molecule is CCN(CC)CCCC(C)Nc1cc(OC)cc2cccnc12. The highest BCUT2D eigenvalue weighted by Crippen LogP contribution is 2.28. The number of pyridine rings is 1. The first-order chi connectivity index (χ1) is 11.2. The molecule has 0 radical (unpaired) electrons. The van der Waals surface area contributed by atoms with E-state index in [0.717, 1.165) is 48.4 Å². The van der Waals surface area contributed by atoms with Crippen LogP contribution >= 0.6 is 0 Å². The van der Waals surface area contributed by atoms with Gasteiger partial charge in [-0.15, -0.1) is 0 Å². The van der Waals surface area contributed by atoms with Gasteiger partial charge in [0.05, 0.1) is 18.3 Å². The van der Waals surface area contributed by atoms with Crippen molar-refractivity contribution in [3.05, 3.63) is 30.5 Å². The van der Waals surface area contributed by atoms with Gasteiger partial charge in [-0.3, -0.25) is 4.98 Å². The van der Waals surface area contributed by atoms with Crippen molar-refractivity contribution in [2.45, 2.75) is 39.7 Å². The predicted octanol–water partition coefficient (Wildman–Crippen LogP) is 4.17. The van der Waals surface area contributed by atoms with E-state index in [1.807, 2.05) is 24.4 Å². The van der Waals surface area contributed by atoms with Crippen LogP contribution in [0, 0.1) is 0 Å². The first kappa shape index (κ1) is 17.5. The van der Waals surface area contributed by atoms with Crippen LogP contribution in [0.15, 0.2) is 30.5 Å². The lowest BCUT2D eigenvalue weighted by Gasteiger charge is -2.21. The summed E-state index contributed by atoms with van der Waals surface area (Å²) in [5.74, 6) is 0.864. The second-order valence-electron chi connectivity index (χ2n) is 5.96. The third kappa shape index (κ3) is 4.83. The van der Waals surface area contributed by atoms with Crippen LogP contribution in [0.25, 0.3) is 10.9 Å². The molecule has 1 unspecified atom stereocenters. The number of rotatable bonds is 9.